The van der Waals surface area contributed by atoms with Crippen molar-refractivity contribution in [2.75, 3.05) is 34.4 Å². The number of carboxylic acids is 3. The normalized spacial score (nSPS) is 16.2. The first kappa shape index (κ1) is 35.5. The van der Waals surface area contributed by atoms with Gasteiger partial charge in [-0.25, -0.2) is 9.78 Å². The van der Waals surface area contributed by atoms with Crippen LogP contribution in [0.5, 0.6) is 17.2 Å². The van der Waals surface area contributed by atoms with E-state index in [0.717, 1.165) is 42.2 Å². The number of benzene rings is 2. The summed E-state index contributed by atoms with van der Waals surface area (Å²) in [6, 6.07) is 13.9. The standard InChI is InChI=1S/C26H31N3O4.C6H8O7/c1-16-6-8-23(31-3)19(10-16)13-29-14-20(18-7-9-24(32-4)25(11-18)33-5)21(15-29)22-12-26(30)28-17(2)27-22;7-3(8)1-6(13,5(11)12)2-4(9)10/h6-12,20-21H,13-15H2,1-5H3,(H,27,28,30);13H,1-2H2,(H,7,8)(H,9,10)(H,11,12)/t20-,21+;/m0./s1. The Morgan fingerprint density at radius 3 is 2.00 bits per heavy atom. The summed E-state index contributed by atoms with van der Waals surface area (Å²) in [5, 5.41) is 33.8. The number of ether oxygens (including phenoxy) is 3. The number of hydrogen-bond acceptors (Lipinski definition) is 10. The summed E-state index contributed by atoms with van der Waals surface area (Å²) in [5.41, 5.74) is 1.44. The molecule has 0 saturated carbocycles. The van der Waals surface area contributed by atoms with Gasteiger partial charge in [-0.2, -0.15) is 0 Å². The van der Waals surface area contributed by atoms with Gasteiger partial charge in [-0.1, -0.05) is 23.8 Å². The average molecular weight is 642 g/mol. The van der Waals surface area contributed by atoms with Crippen molar-refractivity contribution in [2.24, 2.45) is 0 Å². The number of aliphatic carboxylic acids is 3. The first-order valence-electron chi connectivity index (χ1n) is 14.2. The zero-order chi connectivity index (χ0) is 34.2. The van der Waals surface area contributed by atoms with Crippen LogP contribution in [0.2, 0.25) is 0 Å². The lowest BCUT2D eigenvalue weighted by atomic mass is 9.86. The number of nitrogens with zero attached hydrogens (tertiary/aromatic N) is 2. The van der Waals surface area contributed by atoms with Gasteiger partial charge in [-0.15, -0.1) is 0 Å². The minimum absolute atomic E-state index is 0.0694. The summed E-state index contributed by atoms with van der Waals surface area (Å²) in [5.74, 6) is -1.90. The molecule has 2 heterocycles. The van der Waals surface area contributed by atoms with Crippen molar-refractivity contribution in [1.82, 2.24) is 14.9 Å². The number of H-pyrrole nitrogens is 1. The van der Waals surface area contributed by atoms with Crippen molar-refractivity contribution in [3.8, 4) is 17.2 Å². The number of nitrogens with one attached hydrogen (secondary N) is 1. The van der Waals surface area contributed by atoms with Crippen LogP contribution in [0.1, 0.15) is 52.9 Å². The van der Waals surface area contributed by atoms with Gasteiger partial charge in [-0.05, 0) is 37.6 Å². The van der Waals surface area contributed by atoms with Gasteiger partial charge >= 0.3 is 17.9 Å². The molecule has 14 heteroatoms. The van der Waals surface area contributed by atoms with Crippen LogP contribution in [-0.2, 0) is 20.9 Å². The quantitative estimate of drug-likeness (QED) is 0.193. The highest BCUT2D eigenvalue weighted by molar-refractivity contribution is 5.88. The highest BCUT2D eigenvalue weighted by atomic mass is 16.5. The molecule has 0 radical (unpaired) electrons. The fourth-order valence-electron chi connectivity index (χ4n) is 5.51. The smallest absolute Gasteiger partial charge is 0.336 e. The fraction of sp³-hybridized carbons (Fsp3) is 0.406. The molecule has 14 nitrogen and oxygen atoms in total. The van der Waals surface area contributed by atoms with Crippen LogP contribution in [0.25, 0.3) is 0 Å². The molecule has 248 valence electrons. The lowest BCUT2D eigenvalue weighted by molar-refractivity contribution is -0.170. The number of likely N-dealkylation sites (tertiary alicyclic amines) is 1. The molecule has 5 N–H and O–H groups in total. The maximum Gasteiger partial charge on any atom is 0.336 e. The van der Waals surface area contributed by atoms with Crippen molar-refractivity contribution < 1.29 is 49.0 Å². The molecule has 46 heavy (non-hydrogen) atoms. The first-order chi connectivity index (χ1) is 21.7. The van der Waals surface area contributed by atoms with Crippen LogP contribution >= 0.6 is 0 Å². The SMILES string of the molecule is COc1ccc(C)cc1CN1C[C@@H](c2ccc(OC)c(OC)c2)[C@H](c2cc(=O)[nH]c(C)n2)C1.O=C(O)CC(O)(CC(=O)O)C(=O)O. The van der Waals surface area contributed by atoms with Gasteiger partial charge in [-0.3, -0.25) is 19.3 Å². The van der Waals surface area contributed by atoms with Crippen molar-refractivity contribution in [3.63, 3.8) is 0 Å². The third kappa shape index (κ3) is 9.05. The maximum absolute atomic E-state index is 12.2. The van der Waals surface area contributed by atoms with E-state index in [0.29, 0.717) is 17.3 Å². The molecule has 0 spiro atoms. The molecule has 0 bridgehead atoms. The summed E-state index contributed by atoms with van der Waals surface area (Å²) >= 11 is 0. The number of methoxy groups -OCH3 is 3. The summed E-state index contributed by atoms with van der Waals surface area (Å²) in [6.45, 7) is 6.27. The van der Waals surface area contributed by atoms with E-state index in [1.54, 1.807) is 27.4 Å². The van der Waals surface area contributed by atoms with Crippen LogP contribution in [0.4, 0.5) is 0 Å². The minimum Gasteiger partial charge on any atom is -0.496 e. The fourth-order valence-corrected chi connectivity index (χ4v) is 5.51. The number of carbonyl (C=O) groups is 3. The molecule has 4 rings (SSSR count). The molecule has 0 amide bonds. The maximum atomic E-state index is 12.2. The molecule has 1 saturated heterocycles. The minimum atomic E-state index is -2.74. The van der Waals surface area contributed by atoms with Crippen LogP contribution in [0, 0.1) is 13.8 Å². The monoisotopic (exact) mass is 641 g/mol. The van der Waals surface area contributed by atoms with E-state index in [1.807, 2.05) is 25.1 Å². The molecular formula is C32H39N3O11. The molecule has 0 aliphatic carbocycles. The highest BCUT2D eigenvalue weighted by Gasteiger charge is 2.41. The van der Waals surface area contributed by atoms with Gasteiger partial charge in [0, 0.05) is 43.1 Å². The summed E-state index contributed by atoms with van der Waals surface area (Å²) in [6.07, 6.45) is -2.29. The van der Waals surface area contributed by atoms with Crippen molar-refractivity contribution >= 4 is 17.9 Å². The zero-order valence-corrected chi connectivity index (χ0v) is 26.3. The van der Waals surface area contributed by atoms with E-state index in [2.05, 4.69) is 35.0 Å². The van der Waals surface area contributed by atoms with E-state index in [-0.39, 0.29) is 17.4 Å². The van der Waals surface area contributed by atoms with Gasteiger partial charge in [0.15, 0.2) is 17.1 Å². The first-order valence-corrected chi connectivity index (χ1v) is 14.2. The Bertz CT molecular complexity index is 1610. The molecule has 3 aromatic rings. The highest BCUT2D eigenvalue weighted by Crippen LogP contribution is 2.42. The number of aromatic amines is 1. The molecule has 2 atom stereocenters. The Hall–Kier alpha value is -4.95. The number of rotatable bonds is 12. The Labute approximate surface area is 265 Å². The second-order valence-corrected chi connectivity index (χ2v) is 11.1. The van der Waals surface area contributed by atoms with E-state index in [1.165, 1.54) is 5.56 Å². The van der Waals surface area contributed by atoms with Crippen molar-refractivity contribution in [2.45, 2.75) is 50.7 Å². The molecule has 1 fully saturated rings. The molecule has 1 aliphatic heterocycles. The van der Waals surface area contributed by atoms with Crippen molar-refractivity contribution in [1.29, 1.82) is 0 Å². The molecule has 2 aromatic carbocycles. The van der Waals surface area contributed by atoms with E-state index >= 15 is 0 Å². The van der Waals surface area contributed by atoms with E-state index < -0.39 is 36.4 Å². The van der Waals surface area contributed by atoms with E-state index in [4.69, 9.17) is 39.6 Å². The topological polar surface area (TPSA) is 209 Å². The zero-order valence-electron chi connectivity index (χ0n) is 26.3. The van der Waals surface area contributed by atoms with E-state index in [9.17, 15) is 19.2 Å². The third-order valence-electron chi connectivity index (χ3n) is 7.61. The Morgan fingerprint density at radius 1 is 0.870 bits per heavy atom. The Balaban J connectivity index is 0.000000376. The second-order valence-electron chi connectivity index (χ2n) is 11.1. The largest absolute Gasteiger partial charge is 0.496 e. The molecule has 1 aliphatic rings. The molecular weight excluding hydrogens is 602 g/mol. The van der Waals surface area contributed by atoms with Gasteiger partial charge in [0.1, 0.15) is 11.6 Å². The second kappa shape index (κ2) is 15.4. The number of carboxylic acid groups (broad SMARTS) is 3. The van der Waals surface area contributed by atoms with Crippen LogP contribution in [0.15, 0.2) is 47.3 Å². The van der Waals surface area contributed by atoms with Gasteiger partial charge in [0.2, 0.25) is 0 Å². The summed E-state index contributed by atoms with van der Waals surface area (Å²) < 4.78 is 16.6. The average Bonchev–Trinajstić information content (AvgIpc) is 3.39. The third-order valence-corrected chi connectivity index (χ3v) is 7.61. The van der Waals surface area contributed by atoms with Gasteiger partial charge < -0.3 is 39.6 Å². The molecule has 0 unspecified atom stereocenters. The molecule has 1 aromatic heterocycles. The van der Waals surface area contributed by atoms with Crippen molar-refractivity contribution in [3.05, 3.63) is 81.0 Å². The number of aliphatic hydroxyl groups is 1. The Morgan fingerprint density at radius 2 is 1.46 bits per heavy atom. The lowest BCUT2D eigenvalue weighted by Crippen LogP contribution is -2.42. The predicted octanol–water partition coefficient (Wildman–Crippen LogP) is 2.55. The predicted molar refractivity (Wildman–Crippen MR) is 165 cm³/mol. The van der Waals surface area contributed by atoms with Crippen LogP contribution in [0.3, 0.4) is 0 Å². The number of aryl methyl sites for hydroxylation is 2. The number of aromatic nitrogens is 2. The lowest BCUT2D eigenvalue weighted by Gasteiger charge is -2.20. The Kier molecular flexibility index (Phi) is 11.9. The van der Waals surface area contributed by atoms with Crippen LogP contribution in [-0.4, -0.2) is 93.2 Å². The van der Waals surface area contributed by atoms with Gasteiger partial charge in [0.05, 0.1) is 39.9 Å². The van der Waals surface area contributed by atoms with Crippen LogP contribution < -0.4 is 19.8 Å². The number of hydrogen-bond donors (Lipinski definition) is 5. The summed E-state index contributed by atoms with van der Waals surface area (Å²) in [7, 11) is 4.98. The van der Waals surface area contributed by atoms with Gasteiger partial charge in [0.25, 0.3) is 5.56 Å². The summed E-state index contributed by atoms with van der Waals surface area (Å²) in [4.78, 5) is 52.6.